The molecule has 4 rings (SSSR count). The van der Waals surface area contributed by atoms with Gasteiger partial charge in [-0.2, -0.15) is 4.98 Å². The van der Waals surface area contributed by atoms with Gasteiger partial charge in [0.05, 0.1) is 4.90 Å². The second-order valence-corrected chi connectivity index (χ2v) is 10.6. The summed E-state index contributed by atoms with van der Waals surface area (Å²) in [6, 6.07) is 13.8. The molecule has 2 heterocycles. The smallest absolute Gasteiger partial charge is 0.236 e. The van der Waals surface area contributed by atoms with Crippen molar-refractivity contribution in [1.29, 1.82) is 0 Å². The van der Waals surface area contributed by atoms with Crippen LogP contribution in [0.4, 0.5) is 5.88 Å². The highest BCUT2D eigenvalue weighted by Gasteiger charge is 2.34. The second-order valence-electron chi connectivity index (χ2n) is 8.25. The highest BCUT2D eigenvalue weighted by atomic mass is 35.5. The van der Waals surface area contributed by atoms with Gasteiger partial charge in [0, 0.05) is 23.7 Å². The van der Waals surface area contributed by atoms with E-state index < -0.39 is 9.84 Å². The summed E-state index contributed by atoms with van der Waals surface area (Å²) in [4.78, 5) is 6.68. The maximum Gasteiger partial charge on any atom is 0.236 e. The first-order valence-electron chi connectivity index (χ1n) is 10.1. The molecule has 0 aliphatic carbocycles. The minimum absolute atomic E-state index is 0.0376. The fourth-order valence-corrected chi connectivity index (χ4v) is 5.60. The molecule has 3 aromatic rings. The van der Waals surface area contributed by atoms with Crippen molar-refractivity contribution in [2.75, 3.05) is 18.0 Å². The Morgan fingerprint density at radius 2 is 1.67 bits per heavy atom. The van der Waals surface area contributed by atoms with Crippen LogP contribution in [0.25, 0.3) is 11.5 Å². The third-order valence-electron chi connectivity index (χ3n) is 5.49. The van der Waals surface area contributed by atoms with Gasteiger partial charge in [0.15, 0.2) is 0 Å². The first-order valence-corrected chi connectivity index (χ1v) is 11.9. The molecule has 0 N–H and O–H groups in total. The summed E-state index contributed by atoms with van der Waals surface area (Å²) >= 11 is 5.96. The van der Waals surface area contributed by atoms with Crippen molar-refractivity contribution in [2.24, 2.45) is 11.8 Å². The molecule has 5 nitrogen and oxygen atoms in total. The van der Waals surface area contributed by atoms with Crippen LogP contribution in [0.5, 0.6) is 0 Å². The molecule has 0 radical (unpaired) electrons. The molecule has 1 saturated heterocycles. The Balaban J connectivity index is 1.87. The SMILES string of the molecule is Cc1ccccc1-c1nc(S(=O)(=O)c2ccc(Cl)cc2)c(N2CC(C)CC(C)C2)o1. The average Bonchev–Trinajstić information content (AvgIpc) is 3.14. The molecule has 2 unspecified atom stereocenters. The number of aromatic nitrogens is 1. The highest BCUT2D eigenvalue weighted by Crippen LogP contribution is 2.38. The minimum Gasteiger partial charge on any atom is -0.419 e. The summed E-state index contributed by atoms with van der Waals surface area (Å²) in [6.45, 7) is 7.77. The van der Waals surface area contributed by atoms with Crippen molar-refractivity contribution in [3.8, 4) is 11.5 Å². The van der Waals surface area contributed by atoms with Gasteiger partial charge in [0.2, 0.25) is 26.6 Å². The van der Waals surface area contributed by atoms with Crippen LogP contribution in [-0.4, -0.2) is 26.5 Å². The van der Waals surface area contributed by atoms with Gasteiger partial charge in [-0.1, -0.05) is 43.6 Å². The monoisotopic (exact) mass is 444 g/mol. The quantitative estimate of drug-likeness (QED) is 0.522. The number of sulfone groups is 1. The molecule has 2 atom stereocenters. The van der Waals surface area contributed by atoms with E-state index >= 15 is 0 Å². The molecule has 0 saturated carbocycles. The topological polar surface area (TPSA) is 63.4 Å². The van der Waals surface area contributed by atoms with E-state index in [1.807, 2.05) is 36.1 Å². The number of halogens is 1. The van der Waals surface area contributed by atoms with E-state index in [0.29, 0.717) is 28.6 Å². The van der Waals surface area contributed by atoms with Crippen molar-refractivity contribution in [2.45, 2.75) is 37.1 Å². The molecule has 1 aliphatic rings. The van der Waals surface area contributed by atoms with Gasteiger partial charge in [-0.3, -0.25) is 0 Å². The van der Waals surface area contributed by atoms with Crippen LogP contribution in [0.2, 0.25) is 5.02 Å². The van der Waals surface area contributed by atoms with E-state index in [1.54, 1.807) is 12.1 Å². The predicted octanol–water partition coefficient (Wildman–Crippen LogP) is 5.62. The molecule has 30 heavy (non-hydrogen) atoms. The van der Waals surface area contributed by atoms with Crippen LogP contribution in [0.1, 0.15) is 25.8 Å². The number of hydrogen-bond acceptors (Lipinski definition) is 5. The first-order chi connectivity index (χ1) is 14.3. The number of nitrogens with zero attached hydrogens (tertiary/aromatic N) is 2. The third-order valence-corrected chi connectivity index (χ3v) is 7.41. The zero-order chi connectivity index (χ0) is 21.5. The van der Waals surface area contributed by atoms with Gasteiger partial charge in [-0.05, 0) is 61.1 Å². The number of oxazole rings is 1. The Kier molecular flexibility index (Phi) is 5.64. The lowest BCUT2D eigenvalue weighted by molar-refractivity contribution is 0.342. The molecule has 0 spiro atoms. The van der Waals surface area contributed by atoms with Gasteiger partial charge >= 0.3 is 0 Å². The van der Waals surface area contributed by atoms with E-state index in [4.69, 9.17) is 16.0 Å². The summed E-state index contributed by atoms with van der Waals surface area (Å²) in [7, 11) is -3.88. The molecule has 158 valence electrons. The van der Waals surface area contributed by atoms with Crippen molar-refractivity contribution < 1.29 is 12.8 Å². The Hall–Kier alpha value is -2.31. The predicted molar refractivity (Wildman–Crippen MR) is 119 cm³/mol. The summed E-state index contributed by atoms with van der Waals surface area (Å²) in [5.41, 5.74) is 1.76. The standard InChI is InChI=1S/C23H25ClN2O3S/c1-15-12-16(2)14-26(13-15)23-22(30(27,28)19-10-8-18(24)9-11-19)25-21(29-23)20-7-5-4-6-17(20)3/h4-11,15-16H,12-14H2,1-3H3. The summed E-state index contributed by atoms with van der Waals surface area (Å²) < 4.78 is 33.2. The lowest BCUT2D eigenvalue weighted by atomic mass is 9.92. The lowest BCUT2D eigenvalue weighted by Crippen LogP contribution is -2.39. The van der Waals surface area contributed by atoms with Crippen LogP contribution in [-0.2, 0) is 9.84 Å². The Morgan fingerprint density at radius 3 is 2.30 bits per heavy atom. The van der Waals surface area contributed by atoms with Crippen LogP contribution in [0.3, 0.4) is 0 Å². The van der Waals surface area contributed by atoms with E-state index in [9.17, 15) is 8.42 Å². The highest BCUT2D eigenvalue weighted by molar-refractivity contribution is 7.91. The number of aryl methyl sites for hydroxylation is 1. The van der Waals surface area contributed by atoms with Gasteiger partial charge < -0.3 is 9.32 Å². The zero-order valence-electron chi connectivity index (χ0n) is 17.3. The largest absolute Gasteiger partial charge is 0.419 e. The fourth-order valence-electron chi connectivity index (χ4n) is 4.16. The third kappa shape index (κ3) is 3.98. The van der Waals surface area contributed by atoms with Crippen LogP contribution < -0.4 is 4.90 Å². The summed E-state index contributed by atoms with van der Waals surface area (Å²) in [5.74, 6) is 1.52. The fraction of sp³-hybridized carbons (Fsp3) is 0.348. The molecule has 1 aromatic heterocycles. The Bertz CT molecular complexity index is 1150. The number of rotatable bonds is 4. The van der Waals surface area contributed by atoms with Gasteiger partial charge in [0.1, 0.15) is 0 Å². The van der Waals surface area contributed by atoms with Crippen LogP contribution in [0, 0.1) is 18.8 Å². The lowest BCUT2D eigenvalue weighted by Gasteiger charge is -2.34. The van der Waals surface area contributed by atoms with Crippen molar-refractivity contribution in [3.05, 3.63) is 59.1 Å². The Morgan fingerprint density at radius 1 is 1.03 bits per heavy atom. The second kappa shape index (κ2) is 8.08. The number of anilines is 1. The average molecular weight is 445 g/mol. The van der Waals surface area contributed by atoms with Crippen molar-refractivity contribution >= 4 is 27.3 Å². The minimum atomic E-state index is -3.88. The molecule has 0 amide bonds. The molecule has 1 aliphatic heterocycles. The maximum absolute atomic E-state index is 13.5. The van der Waals surface area contributed by atoms with E-state index in [2.05, 4.69) is 18.8 Å². The zero-order valence-corrected chi connectivity index (χ0v) is 18.9. The molecular weight excluding hydrogens is 420 g/mol. The normalized spacial score (nSPS) is 19.8. The van der Waals surface area contributed by atoms with Gasteiger partial charge in [-0.15, -0.1) is 0 Å². The molecule has 1 fully saturated rings. The van der Waals surface area contributed by atoms with Gasteiger partial charge in [-0.25, -0.2) is 8.42 Å². The molecule has 0 bridgehead atoms. The van der Waals surface area contributed by atoms with E-state index in [0.717, 1.165) is 30.6 Å². The van der Waals surface area contributed by atoms with Crippen molar-refractivity contribution in [3.63, 3.8) is 0 Å². The molecule has 7 heteroatoms. The molecular formula is C23H25ClN2O3S. The number of benzene rings is 2. The number of piperidine rings is 1. The maximum atomic E-state index is 13.5. The first kappa shape index (κ1) is 20.9. The molecule has 2 aromatic carbocycles. The van der Waals surface area contributed by atoms with Gasteiger partial charge in [0.25, 0.3) is 0 Å². The van der Waals surface area contributed by atoms with Crippen LogP contribution in [0.15, 0.2) is 62.9 Å². The van der Waals surface area contributed by atoms with E-state index in [1.165, 1.54) is 12.1 Å². The number of hydrogen-bond donors (Lipinski definition) is 0. The van der Waals surface area contributed by atoms with Crippen molar-refractivity contribution in [1.82, 2.24) is 4.98 Å². The van der Waals surface area contributed by atoms with E-state index in [-0.39, 0.29) is 9.92 Å². The summed E-state index contributed by atoms with van der Waals surface area (Å²) in [6.07, 6.45) is 1.11. The Labute approximate surface area is 182 Å². The van der Waals surface area contributed by atoms with Crippen LogP contribution >= 0.6 is 11.6 Å². The summed E-state index contributed by atoms with van der Waals surface area (Å²) in [5, 5.41) is 0.443.